The van der Waals surface area contributed by atoms with Crippen molar-refractivity contribution in [2.45, 2.75) is 66.0 Å². The molecule has 17 heavy (non-hydrogen) atoms. The largest absolute Gasteiger partial charge is 0.522 e. The van der Waals surface area contributed by atoms with Gasteiger partial charge < -0.3 is 4.74 Å². The highest BCUT2D eigenvalue weighted by Gasteiger charge is 2.49. The van der Waals surface area contributed by atoms with Crippen LogP contribution in [0.1, 0.15) is 54.4 Å². The number of nitrogens with one attached hydrogen (secondary N) is 1. The van der Waals surface area contributed by atoms with Crippen molar-refractivity contribution in [3.63, 3.8) is 0 Å². The number of quaternary nitrogens is 1. The Bertz CT molecular complexity index is 323. The molecular formula is C13H24NO3+. The van der Waals surface area contributed by atoms with Crippen LogP contribution >= 0.6 is 0 Å². The summed E-state index contributed by atoms with van der Waals surface area (Å²) in [6.45, 7) is 11.6. The molecule has 0 saturated carbocycles. The summed E-state index contributed by atoms with van der Waals surface area (Å²) < 4.78 is 5.32. The predicted molar refractivity (Wildman–Crippen MR) is 64.7 cm³/mol. The molecule has 1 saturated heterocycles. The zero-order valence-electron chi connectivity index (χ0n) is 11.7. The van der Waals surface area contributed by atoms with Gasteiger partial charge in [0.1, 0.15) is 11.6 Å². The van der Waals surface area contributed by atoms with Crippen LogP contribution in [0.25, 0.3) is 0 Å². The number of ether oxygens (including phenoxy) is 1. The summed E-state index contributed by atoms with van der Waals surface area (Å²) in [6.07, 6.45) is 0.799. The van der Waals surface area contributed by atoms with Crippen LogP contribution in [0.4, 0.5) is 4.79 Å². The van der Waals surface area contributed by atoms with Crippen LogP contribution < -0.4 is 4.90 Å². The van der Waals surface area contributed by atoms with E-state index in [0.717, 1.165) is 6.42 Å². The predicted octanol–water partition coefficient (Wildman–Crippen LogP) is 1.54. The van der Waals surface area contributed by atoms with Gasteiger partial charge in [-0.1, -0.05) is 20.8 Å². The number of alkyl carbamates (subject to hydrolysis) is 2. The minimum atomic E-state index is -0.546. The normalized spacial score (nSPS) is 26.1. The fourth-order valence-corrected chi connectivity index (χ4v) is 2.20. The highest BCUT2D eigenvalue weighted by Crippen LogP contribution is 2.23. The first-order chi connectivity index (χ1) is 7.52. The van der Waals surface area contributed by atoms with Gasteiger partial charge in [-0.2, -0.15) is 9.69 Å². The molecule has 1 aliphatic heterocycles. The van der Waals surface area contributed by atoms with E-state index in [1.165, 1.54) is 0 Å². The molecule has 0 radical (unpaired) electrons. The van der Waals surface area contributed by atoms with Gasteiger partial charge in [-0.05, 0) is 20.8 Å². The average molecular weight is 242 g/mol. The minimum Gasteiger partial charge on any atom is -0.414 e. The van der Waals surface area contributed by atoms with Crippen molar-refractivity contribution in [3.8, 4) is 0 Å². The lowest BCUT2D eigenvalue weighted by Gasteiger charge is -2.29. The first-order valence-corrected chi connectivity index (χ1v) is 6.16. The highest BCUT2D eigenvalue weighted by atomic mass is 16.6. The van der Waals surface area contributed by atoms with Gasteiger partial charge in [0.05, 0.1) is 6.42 Å². The molecule has 98 valence electrons. The topological polar surface area (TPSA) is 47.8 Å². The highest BCUT2D eigenvalue weighted by molar-refractivity contribution is 5.79. The fourth-order valence-electron chi connectivity index (χ4n) is 2.20. The van der Waals surface area contributed by atoms with Crippen LogP contribution in [0.3, 0.4) is 0 Å². The molecule has 4 nitrogen and oxygen atoms in total. The quantitative estimate of drug-likeness (QED) is 0.701. The van der Waals surface area contributed by atoms with E-state index in [-0.39, 0.29) is 17.4 Å². The van der Waals surface area contributed by atoms with Gasteiger partial charge in [-0.3, -0.25) is 0 Å². The third-order valence-electron chi connectivity index (χ3n) is 2.97. The first kappa shape index (κ1) is 14.2. The second-order valence-electron chi connectivity index (χ2n) is 6.80. The molecule has 0 aromatic rings. The van der Waals surface area contributed by atoms with Gasteiger partial charge >= 0.3 is 12.0 Å². The molecule has 1 unspecified atom stereocenters. The van der Waals surface area contributed by atoms with E-state index in [9.17, 15) is 9.59 Å². The van der Waals surface area contributed by atoms with Gasteiger partial charge in [-0.25, -0.2) is 4.79 Å². The van der Waals surface area contributed by atoms with Crippen LogP contribution in [0.2, 0.25) is 0 Å². The van der Waals surface area contributed by atoms with Crippen molar-refractivity contribution in [1.29, 1.82) is 0 Å². The number of hydrogen-bond acceptors (Lipinski definition) is 3. The summed E-state index contributed by atoms with van der Waals surface area (Å²) in [7, 11) is 0. The Balaban J connectivity index is 2.86. The number of hydrogen-bond donors (Lipinski definition) is 1. The number of carbonyl (C=O) groups excluding carboxylic acids is 2. The van der Waals surface area contributed by atoms with Crippen molar-refractivity contribution < 1.29 is 19.2 Å². The molecule has 0 bridgehead atoms. The van der Waals surface area contributed by atoms with E-state index >= 15 is 0 Å². The Morgan fingerprint density at radius 2 is 1.76 bits per heavy atom. The molecule has 1 rings (SSSR count). The van der Waals surface area contributed by atoms with Crippen molar-refractivity contribution in [2.24, 2.45) is 5.41 Å². The van der Waals surface area contributed by atoms with Gasteiger partial charge in [0.15, 0.2) is 0 Å². The molecule has 2 atom stereocenters. The zero-order valence-corrected chi connectivity index (χ0v) is 11.7. The lowest BCUT2D eigenvalue weighted by Crippen LogP contribution is -3.19. The molecule has 1 aliphatic rings. The van der Waals surface area contributed by atoms with Crippen molar-refractivity contribution in [3.05, 3.63) is 0 Å². The number of carbonyl (C=O) groups is 2. The van der Waals surface area contributed by atoms with E-state index in [1.807, 2.05) is 20.8 Å². The molecule has 1 N–H and O–H groups in total. The molecular weight excluding hydrogens is 218 g/mol. The maximum atomic E-state index is 12.0. The van der Waals surface area contributed by atoms with E-state index < -0.39 is 11.7 Å². The van der Waals surface area contributed by atoms with Gasteiger partial charge in [0.2, 0.25) is 0 Å². The zero-order chi connectivity index (χ0) is 13.4. The molecule has 0 aliphatic carbocycles. The number of rotatable bonds is 0. The fraction of sp³-hybridized carbons (Fsp3) is 0.846. The summed E-state index contributed by atoms with van der Waals surface area (Å²) in [6, 6.07) is 0.0184. The average Bonchev–Trinajstić information content (AvgIpc) is 2.42. The van der Waals surface area contributed by atoms with E-state index in [0.29, 0.717) is 11.3 Å². The maximum Gasteiger partial charge on any atom is 0.522 e. The summed E-state index contributed by atoms with van der Waals surface area (Å²) in [4.78, 5) is 24.2. The standard InChI is InChI=1S/C13H23NO3/c1-12(2,3)9-7-8-10(15)14(9)11(16)17-13(4,5)6/h9H,7-8H2,1-6H3/p+1/t9-/m0/s1. The monoisotopic (exact) mass is 242 g/mol. The Kier molecular flexibility index (Phi) is 3.67. The van der Waals surface area contributed by atoms with Gasteiger partial charge in [-0.15, -0.1) is 0 Å². The maximum absolute atomic E-state index is 12.0. The number of imide groups is 1. The number of likely N-dealkylation sites (tertiary alicyclic amines) is 1. The number of amides is 2. The molecule has 2 amide bonds. The van der Waals surface area contributed by atoms with Gasteiger partial charge in [0.25, 0.3) is 0 Å². The van der Waals surface area contributed by atoms with Crippen LogP contribution in [-0.2, 0) is 9.53 Å². The second-order valence-corrected chi connectivity index (χ2v) is 6.80. The molecule has 4 heteroatoms. The smallest absolute Gasteiger partial charge is 0.414 e. The van der Waals surface area contributed by atoms with Crippen LogP contribution in [0.5, 0.6) is 0 Å². The lowest BCUT2D eigenvalue weighted by molar-refractivity contribution is -0.772. The minimum absolute atomic E-state index is 0.0184. The van der Waals surface area contributed by atoms with E-state index in [1.54, 1.807) is 0 Å². The first-order valence-electron chi connectivity index (χ1n) is 6.16. The summed E-state index contributed by atoms with van der Waals surface area (Å²) >= 11 is 0. The Labute approximate surface area is 103 Å². The van der Waals surface area contributed by atoms with Crippen molar-refractivity contribution in [1.82, 2.24) is 0 Å². The Morgan fingerprint density at radius 1 is 1.24 bits per heavy atom. The third-order valence-corrected chi connectivity index (χ3v) is 2.97. The van der Waals surface area contributed by atoms with Crippen molar-refractivity contribution >= 4 is 12.0 Å². The molecule has 0 aromatic heterocycles. The molecule has 0 aromatic carbocycles. The molecule has 1 fully saturated rings. The second kappa shape index (κ2) is 4.41. The summed E-state index contributed by atoms with van der Waals surface area (Å²) in [5.74, 6) is -0.0424. The van der Waals surface area contributed by atoms with E-state index in [4.69, 9.17) is 4.74 Å². The van der Waals surface area contributed by atoms with Crippen molar-refractivity contribution in [2.75, 3.05) is 0 Å². The third kappa shape index (κ3) is 3.53. The molecule has 1 heterocycles. The Morgan fingerprint density at radius 3 is 2.18 bits per heavy atom. The summed E-state index contributed by atoms with van der Waals surface area (Å²) in [5, 5.41) is 0. The van der Waals surface area contributed by atoms with Gasteiger partial charge in [0, 0.05) is 11.8 Å². The lowest BCUT2D eigenvalue weighted by atomic mass is 9.85. The van der Waals surface area contributed by atoms with E-state index in [2.05, 4.69) is 20.8 Å². The Hall–Kier alpha value is -0.900. The summed E-state index contributed by atoms with van der Waals surface area (Å²) in [5.41, 5.74) is -0.617. The van der Waals surface area contributed by atoms with Crippen LogP contribution in [0, 0.1) is 5.41 Å². The molecule has 0 spiro atoms. The SMILES string of the molecule is CC(C)(C)OC(=O)[NH+]1C(=O)CC[C@H]1C(C)(C)C. The van der Waals surface area contributed by atoms with Crippen LogP contribution in [-0.4, -0.2) is 23.6 Å². The van der Waals surface area contributed by atoms with Crippen LogP contribution in [0.15, 0.2) is 0 Å².